The third kappa shape index (κ3) is 9.01. The molecule has 3 heterocycles. The molecule has 15 heteroatoms. The first-order valence-corrected chi connectivity index (χ1v) is 22.7. The van der Waals surface area contributed by atoms with Crippen molar-refractivity contribution in [2.24, 2.45) is 0 Å². The van der Waals surface area contributed by atoms with Gasteiger partial charge in [0.05, 0.1) is 39.8 Å². The number of ketones is 1. The fourth-order valence-corrected chi connectivity index (χ4v) is 10.2. The Hall–Kier alpha value is -6.58. The minimum atomic E-state index is -1.35. The first kappa shape index (κ1) is 46.0. The van der Waals surface area contributed by atoms with Gasteiger partial charge in [-0.1, -0.05) is 112 Å². The zero-order chi connectivity index (χ0) is 46.6. The van der Waals surface area contributed by atoms with Gasteiger partial charge in [-0.3, -0.25) is 24.1 Å². The topological polar surface area (TPSA) is 184 Å². The van der Waals surface area contributed by atoms with Crippen molar-refractivity contribution in [1.82, 2.24) is 15.1 Å². The second kappa shape index (κ2) is 19.5. The smallest absolute Gasteiger partial charge is 0.413 e. The highest BCUT2D eigenvalue weighted by Crippen LogP contribution is 2.56. The van der Waals surface area contributed by atoms with Gasteiger partial charge in [-0.25, -0.2) is 9.59 Å². The van der Waals surface area contributed by atoms with Crippen molar-refractivity contribution in [2.45, 2.75) is 94.7 Å². The fourth-order valence-electron chi connectivity index (χ4n) is 10.2. The summed E-state index contributed by atoms with van der Waals surface area (Å²) in [6.07, 6.45) is 3.01. The van der Waals surface area contributed by atoms with Crippen LogP contribution in [0.2, 0.25) is 0 Å². The number of carbonyl (C=O) groups is 6. The van der Waals surface area contributed by atoms with Gasteiger partial charge in [0, 0.05) is 29.6 Å². The molecule has 66 heavy (non-hydrogen) atoms. The Morgan fingerprint density at radius 2 is 1.50 bits per heavy atom. The maximum Gasteiger partial charge on any atom is 0.413 e. The van der Waals surface area contributed by atoms with E-state index in [9.17, 15) is 33.9 Å². The number of anilines is 2. The van der Waals surface area contributed by atoms with Crippen LogP contribution >= 0.6 is 0 Å². The molecule has 1 spiro atoms. The summed E-state index contributed by atoms with van der Waals surface area (Å²) in [5, 5.41) is 16.7. The molecule has 8 rings (SSSR count). The molecule has 345 valence electrons. The highest BCUT2D eigenvalue weighted by Gasteiger charge is 2.53. The monoisotopic (exact) mass is 898 g/mol. The number of nitrogens with one attached hydrogen (secondary N) is 2. The molecule has 4 aliphatic rings. The molecule has 5 amide bonds. The van der Waals surface area contributed by atoms with E-state index in [2.05, 4.69) is 24.5 Å². The molecule has 4 aromatic rings. The lowest BCUT2D eigenvalue weighted by molar-refractivity contribution is -0.151. The van der Waals surface area contributed by atoms with E-state index < -0.39 is 47.5 Å². The highest BCUT2D eigenvalue weighted by molar-refractivity contribution is 6.01. The van der Waals surface area contributed by atoms with Gasteiger partial charge in [0.2, 0.25) is 11.8 Å². The van der Waals surface area contributed by atoms with Crippen molar-refractivity contribution in [1.29, 1.82) is 0 Å². The molecule has 1 aliphatic carbocycles. The fraction of sp³-hybridized carbons (Fsp3) is 0.392. The molecule has 3 N–H and O–H groups in total. The van der Waals surface area contributed by atoms with Crippen molar-refractivity contribution >= 4 is 47.1 Å². The Kier molecular flexibility index (Phi) is 13.6. The lowest BCUT2D eigenvalue weighted by atomic mass is 9.70. The van der Waals surface area contributed by atoms with Crippen LogP contribution in [0.4, 0.5) is 21.0 Å². The minimum Gasteiger partial charge on any atom is -0.465 e. The Bertz CT molecular complexity index is 2470. The summed E-state index contributed by atoms with van der Waals surface area (Å²) in [4.78, 5) is 85.5. The predicted octanol–water partition coefficient (Wildman–Crippen LogP) is 7.58. The van der Waals surface area contributed by atoms with E-state index >= 15 is 0 Å². The molecule has 3 aliphatic heterocycles. The van der Waals surface area contributed by atoms with Crippen LogP contribution in [-0.4, -0.2) is 102 Å². The van der Waals surface area contributed by atoms with Crippen molar-refractivity contribution in [3.8, 4) is 11.1 Å². The van der Waals surface area contributed by atoms with Crippen LogP contribution in [0.1, 0.15) is 93.5 Å². The van der Waals surface area contributed by atoms with Crippen molar-refractivity contribution in [3.05, 3.63) is 126 Å². The summed E-state index contributed by atoms with van der Waals surface area (Å²) >= 11 is 0. The third-order valence-electron chi connectivity index (χ3n) is 13.3. The van der Waals surface area contributed by atoms with Gasteiger partial charge in [-0.2, -0.15) is 0 Å². The Morgan fingerprint density at radius 3 is 2.14 bits per heavy atom. The Labute approximate surface area is 384 Å². The number of benzene rings is 4. The van der Waals surface area contributed by atoms with Crippen LogP contribution < -0.4 is 15.5 Å². The number of fused-ring (bicyclic) bond motifs is 3. The Balaban J connectivity index is 1.13. The van der Waals surface area contributed by atoms with Gasteiger partial charge < -0.3 is 39.8 Å². The summed E-state index contributed by atoms with van der Waals surface area (Å²) in [7, 11) is 1.18. The van der Waals surface area contributed by atoms with Crippen LogP contribution in [0.15, 0.2) is 97.1 Å². The van der Waals surface area contributed by atoms with Crippen molar-refractivity contribution in [2.75, 3.05) is 43.6 Å². The third-order valence-corrected chi connectivity index (χ3v) is 13.3. The molecule has 0 bridgehead atoms. The molecule has 3 atom stereocenters. The lowest BCUT2D eigenvalue weighted by Crippen LogP contribution is -2.53. The van der Waals surface area contributed by atoms with Crippen LogP contribution in [0.5, 0.6) is 0 Å². The quantitative estimate of drug-likeness (QED) is 0.108. The number of amides is 5. The number of ether oxygens (including phenoxy) is 3. The number of hydrogen-bond acceptors (Lipinski definition) is 9. The first-order chi connectivity index (χ1) is 31.9. The number of Topliss-reactive ketones (excluding diaryl/α,β-unsaturated/α-hetero) is 1. The number of methoxy groups -OCH3 is 1. The zero-order valence-electron chi connectivity index (χ0n) is 37.5. The number of carboxylic acid groups (broad SMARTS) is 1. The van der Waals surface area contributed by atoms with Crippen molar-refractivity contribution in [3.63, 3.8) is 0 Å². The summed E-state index contributed by atoms with van der Waals surface area (Å²) in [6, 6.07) is 26.9. The summed E-state index contributed by atoms with van der Waals surface area (Å²) in [5.74, 6) is -2.75. The number of carbonyl (C=O) groups excluding carboxylic acids is 5. The number of rotatable bonds is 15. The molecule has 15 nitrogen and oxygen atoms in total. The standard InChI is InChI=1S/C51H56N5O10/c1-4-6-22-50(23-7-5-2)40-27-35(52-46(59)42-30-51(65-24-25-66-51)32-55(42)44(58)26-33-14-10-8-11-15-33)18-20-38(40)39-21-19-36(28-41(39)50)56(49(62)63)43-29-37(57)31-54(43)47(60)45(53-48(61)64-3)34-16-12-9-13-17-34/h8-21,26-28,42-43,45H,4-7,22-25,29-32H2,1-3H3,(H,52,59)(H,53,61)(H,62,63)/t42-,43-,45+/m0/s1. The summed E-state index contributed by atoms with van der Waals surface area (Å²) in [5.41, 5.74) is 5.21. The van der Waals surface area contributed by atoms with E-state index in [1.807, 2.05) is 60.7 Å². The van der Waals surface area contributed by atoms with Gasteiger partial charge in [0.15, 0.2) is 11.6 Å². The largest absolute Gasteiger partial charge is 0.465 e. The summed E-state index contributed by atoms with van der Waals surface area (Å²) < 4.78 is 16.8. The number of likely N-dealkylation sites (tertiary alicyclic amines) is 2. The average Bonchev–Trinajstić information content (AvgIpc) is 4.11. The van der Waals surface area contributed by atoms with E-state index in [4.69, 9.17) is 14.2 Å². The first-order valence-electron chi connectivity index (χ1n) is 22.7. The molecular formula is C51H56N5O10. The molecule has 0 unspecified atom stereocenters. The number of hydrogen-bond donors (Lipinski definition) is 3. The molecule has 4 aromatic carbocycles. The van der Waals surface area contributed by atoms with Gasteiger partial charge in [-0.05, 0) is 70.5 Å². The second-order valence-electron chi connectivity index (χ2n) is 17.4. The molecule has 1 radical (unpaired) electrons. The number of unbranched alkanes of at least 4 members (excludes halogenated alkanes) is 2. The molecular weight excluding hydrogens is 843 g/mol. The lowest BCUT2D eigenvalue weighted by Gasteiger charge is -2.36. The van der Waals surface area contributed by atoms with Crippen LogP contribution in [0, 0.1) is 6.42 Å². The predicted molar refractivity (Wildman–Crippen MR) is 245 cm³/mol. The van der Waals surface area contributed by atoms with E-state index in [0.29, 0.717) is 35.7 Å². The molecule has 0 saturated carbocycles. The van der Waals surface area contributed by atoms with Crippen LogP contribution in [0.25, 0.3) is 11.1 Å². The van der Waals surface area contributed by atoms with Gasteiger partial charge in [-0.15, -0.1) is 0 Å². The van der Waals surface area contributed by atoms with Gasteiger partial charge in [0.25, 0.3) is 5.91 Å². The minimum absolute atomic E-state index is 0.110. The van der Waals surface area contributed by atoms with Gasteiger partial charge in [0.1, 0.15) is 18.2 Å². The average molecular weight is 899 g/mol. The van der Waals surface area contributed by atoms with Crippen LogP contribution in [0.3, 0.4) is 0 Å². The molecule has 3 fully saturated rings. The zero-order valence-corrected chi connectivity index (χ0v) is 37.5. The highest BCUT2D eigenvalue weighted by atomic mass is 16.7. The normalized spacial score (nSPS) is 19.3. The van der Waals surface area contributed by atoms with Gasteiger partial charge >= 0.3 is 12.2 Å². The Morgan fingerprint density at radius 1 is 0.864 bits per heavy atom. The SMILES string of the molecule is CCCCC1(CCCC)c2cc(NC(=O)[C@@H]3CC4(CN3C(=O)[CH]c3ccccc3)OCCO4)ccc2-c2ccc(N(C(=O)O)[C@H]3CC(=O)CN3C(=O)[C@H](NC(=O)OC)c3ccccc3)cc21. The van der Waals surface area contributed by atoms with E-state index in [1.165, 1.54) is 23.3 Å². The molecule has 3 saturated heterocycles. The van der Waals surface area contributed by atoms with Crippen molar-refractivity contribution < 1.29 is 48.1 Å². The molecule has 0 aromatic heterocycles. The van der Waals surface area contributed by atoms with E-state index in [1.54, 1.807) is 36.4 Å². The maximum absolute atomic E-state index is 14.4. The van der Waals surface area contributed by atoms with E-state index in [0.717, 1.165) is 65.7 Å². The van der Waals surface area contributed by atoms with Crippen LogP contribution in [-0.2, 0) is 38.8 Å². The number of alkyl carbamates (subject to hydrolysis) is 1. The summed E-state index contributed by atoms with van der Waals surface area (Å²) in [6.45, 7) is 4.74. The second-order valence-corrected chi connectivity index (χ2v) is 17.4. The maximum atomic E-state index is 14.4. The number of nitrogens with zero attached hydrogens (tertiary/aromatic N) is 3. The van der Waals surface area contributed by atoms with E-state index in [-0.39, 0.29) is 43.5 Å².